The number of aryl methyl sites for hydroxylation is 1. The van der Waals surface area contributed by atoms with Crippen LogP contribution in [0.1, 0.15) is 27.3 Å². The highest BCUT2D eigenvalue weighted by atomic mass is 16.1. The standard InChI is InChI=1S/C16H16N4O/c1-12-9-19-15(10-18-12)11-20-16(21)14-6-4-13(5-7-14)3-2-8-17/h4-7,9-10H,8,11,17H2,1H3,(H,20,21). The van der Waals surface area contributed by atoms with Crippen LogP contribution in [0.2, 0.25) is 0 Å². The number of amides is 1. The number of nitrogens with one attached hydrogen (secondary N) is 1. The molecule has 3 N–H and O–H groups in total. The molecule has 1 aromatic carbocycles. The van der Waals surface area contributed by atoms with E-state index in [0.29, 0.717) is 18.7 Å². The number of rotatable bonds is 3. The molecule has 0 saturated heterocycles. The van der Waals surface area contributed by atoms with Crippen molar-refractivity contribution in [1.29, 1.82) is 0 Å². The Morgan fingerprint density at radius 1 is 1.24 bits per heavy atom. The Hall–Kier alpha value is -2.71. The molecule has 1 heterocycles. The van der Waals surface area contributed by atoms with Crippen LogP contribution >= 0.6 is 0 Å². The van der Waals surface area contributed by atoms with Gasteiger partial charge in [-0.2, -0.15) is 0 Å². The number of hydrogen-bond acceptors (Lipinski definition) is 4. The highest BCUT2D eigenvalue weighted by Gasteiger charge is 2.05. The van der Waals surface area contributed by atoms with Gasteiger partial charge in [-0.1, -0.05) is 11.8 Å². The van der Waals surface area contributed by atoms with Gasteiger partial charge in [-0.15, -0.1) is 0 Å². The molecule has 0 aliphatic rings. The molecule has 2 rings (SSSR count). The minimum Gasteiger partial charge on any atom is -0.346 e. The van der Waals surface area contributed by atoms with Gasteiger partial charge in [-0.3, -0.25) is 14.8 Å². The number of hydrogen-bond donors (Lipinski definition) is 2. The third-order valence-corrected chi connectivity index (χ3v) is 2.75. The van der Waals surface area contributed by atoms with Crippen LogP contribution in [-0.2, 0) is 6.54 Å². The number of aromatic nitrogens is 2. The first-order valence-electron chi connectivity index (χ1n) is 6.54. The largest absolute Gasteiger partial charge is 0.346 e. The van der Waals surface area contributed by atoms with Crippen LogP contribution in [0.15, 0.2) is 36.7 Å². The minimum atomic E-state index is -0.157. The second-order valence-corrected chi connectivity index (χ2v) is 4.42. The zero-order valence-electron chi connectivity index (χ0n) is 11.8. The number of nitrogens with zero attached hydrogens (tertiary/aromatic N) is 2. The maximum absolute atomic E-state index is 12.0. The first-order chi connectivity index (χ1) is 10.2. The van der Waals surface area contributed by atoms with Crippen molar-refractivity contribution in [2.75, 3.05) is 6.54 Å². The quantitative estimate of drug-likeness (QED) is 0.823. The van der Waals surface area contributed by atoms with E-state index in [-0.39, 0.29) is 5.91 Å². The fourth-order valence-electron chi connectivity index (χ4n) is 1.64. The van der Waals surface area contributed by atoms with E-state index in [1.165, 1.54) is 0 Å². The number of carbonyl (C=O) groups excluding carboxylic acids is 1. The minimum absolute atomic E-state index is 0.157. The molecular formula is C16H16N4O. The average Bonchev–Trinajstić information content (AvgIpc) is 2.52. The van der Waals surface area contributed by atoms with Crippen LogP contribution in [0, 0.1) is 18.8 Å². The van der Waals surface area contributed by atoms with E-state index in [0.717, 1.165) is 17.0 Å². The normalized spacial score (nSPS) is 9.62. The van der Waals surface area contributed by atoms with Gasteiger partial charge in [-0.05, 0) is 31.2 Å². The van der Waals surface area contributed by atoms with Crippen molar-refractivity contribution in [3.63, 3.8) is 0 Å². The molecule has 5 nitrogen and oxygen atoms in total. The van der Waals surface area contributed by atoms with E-state index in [1.54, 1.807) is 36.7 Å². The maximum Gasteiger partial charge on any atom is 0.251 e. The Kier molecular flexibility index (Phi) is 5.02. The van der Waals surface area contributed by atoms with E-state index in [1.807, 2.05) is 6.92 Å². The average molecular weight is 280 g/mol. The van der Waals surface area contributed by atoms with E-state index in [9.17, 15) is 4.79 Å². The molecule has 0 saturated carbocycles. The Balaban J connectivity index is 1.95. The van der Waals surface area contributed by atoms with E-state index in [4.69, 9.17) is 5.73 Å². The van der Waals surface area contributed by atoms with Crippen molar-refractivity contribution in [2.24, 2.45) is 5.73 Å². The van der Waals surface area contributed by atoms with Gasteiger partial charge in [0.25, 0.3) is 5.91 Å². The lowest BCUT2D eigenvalue weighted by Crippen LogP contribution is -2.23. The summed E-state index contributed by atoms with van der Waals surface area (Å²) in [5, 5.41) is 2.80. The smallest absolute Gasteiger partial charge is 0.251 e. The van der Waals surface area contributed by atoms with Gasteiger partial charge in [0.15, 0.2) is 0 Å². The fourth-order valence-corrected chi connectivity index (χ4v) is 1.64. The van der Waals surface area contributed by atoms with Gasteiger partial charge in [0.1, 0.15) is 0 Å². The molecule has 0 aliphatic carbocycles. The summed E-state index contributed by atoms with van der Waals surface area (Å²) in [6.45, 7) is 2.53. The van der Waals surface area contributed by atoms with Crippen molar-refractivity contribution >= 4 is 5.91 Å². The van der Waals surface area contributed by atoms with Gasteiger partial charge in [0.05, 0.1) is 30.7 Å². The van der Waals surface area contributed by atoms with Crippen LogP contribution in [0.4, 0.5) is 0 Å². The first-order valence-corrected chi connectivity index (χ1v) is 6.54. The Labute approximate surface area is 123 Å². The number of carbonyl (C=O) groups is 1. The Morgan fingerprint density at radius 2 is 2.00 bits per heavy atom. The molecule has 5 heteroatoms. The lowest BCUT2D eigenvalue weighted by molar-refractivity contribution is 0.0950. The monoisotopic (exact) mass is 280 g/mol. The zero-order chi connectivity index (χ0) is 15.1. The summed E-state index contributed by atoms with van der Waals surface area (Å²) >= 11 is 0. The lowest BCUT2D eigenvalue weighted by Gasteiger charge is -2.05. The van der Waals surface area contributed by atoms with Crippen molar-refractivity contribution < 1.29 is 4.79 Å². The van der Waals surface area contributed by atoms with Crippen LogP contribution in [0.5, 0.6) is 0 Å². The zero-order valence-corrected chi connectivity index (χ0v) is 11.8. The van der Waals surface area contributed by atoms with Crippen molar-refractivity contribution in [1.82, 2.24) is 15.3 Å². The summed E-state index contributed by atoms with van der Waals surface area (Å²) in [4.78, 5) is 20.3. The first kappa shape index (κ1) is 14.7. The molecule has 0 radical (unpaired) electrons. The Morgan fingerprint density at radius 3 is 2.62 bits per heavy atom. The molecule has 0 spiro atoms. The summed E-state index contributed by atoms with van der Waals surface area (Å²) in [5.74, 6) is 5.52. The molecule has 0 fully saturated rings. The van der Waals surface area contributed by atoms with E-state index in [2.05, 4.69) is 27.1 Å². The van der Waals surface area contributed by atoms with Crippen molar-refractivity contribution in [2.45, 2.75) is 13.5 Å². The van der Waals surface area contributed by atoms with Gasteiger partial charge in [0, 0.05) is 17.3 Å². The topological polar surface area (TPSA) is 80.9 Å². The predicted octanol–water partition coefficient (Wildman–Crippen LogP) is 1.03. The van der Waals surface area contributed by atoms with Gasteiger partial charge < -0.3 is 11.1 Å². The van der Waals surface area contributed by atoms with E-state index < -0.39 is 0 Å². The number of nitrogens with two attached hydrogens (primary N) is 1. The van der Waals surface area contributed by atoms with E-state index >= 15 is 0 Å². The molecule has 106 valence electrons. The summed E-state index contributed by atoms with van der Waals surface area (Å²) in [5.41, 5.74) is 8.29. The van der Waals surface area contributed by atoms with Crippen molar-refractivity contribution in [3.05, 3.63) is 59.2 Å². The molecule has 0 unspecified atom stereocenters. The molecule has 21 heavy (non-hydrogen) atoms. The fraction of sp³-hybridized carbons (Fsp3) is 0.188. The second-order valence-electron chi connectivity index (χ2n) is 4.42. The molecule has 0 bridgehead atoms. The molecule has 1 aromatic heterocycles. The maximum atomic E-state index is 12.0. The molecule has 2 aromatic rings. The van der Waals surface area contributed by atoms with Gasteiger partial charge in [0.2, 0.25) is 0 Å². The molecule has 0 aliphatic heterocycles. The highest BCUT2D eigenvalue weighted by Crippen LogP contribution is 2.04. The van der Waals surface area contributed by atoms with Gasteiger partial charge >= 0.3 is 0 Å². The molecular weight excluding hydrogens is 264 g/mol. The molecule has 0 atom stereocenters. The summed E-state index contributed by atoms with van der Waals surface area (Å²) in [6.07, 6.45) is 3.33. The van der Waals surface area contributed by atoms with Crippen LogP contribution in [0.25, 0.3) is 0 Å². The highest BCUT2D eigenvalue weighted by molar-refractivity contribution is 5.94. The third kappa shape index (κ3) is 4.41. The summed E-state index contributed by atoms with van der Waals surface area (Å²) in [6, 6.07) is 7.06. The van der Waals surface area contributed by atoms with Crippen LogP contribution in [-0.4, -0.2) is 22.4 Å². The Bertz CT molecular complexity index is 666. The summed E-state index contributed by atoms with van der Waals surface area (Å²) < 4.78 is 0. The lowest BCUT2D eigenvalue weighted by atomic mass is 10.1. The van der Waals surface area contributed by atoms with Crippen LogP contribution < -0.4 is 11.1 Å². The molecule has 1 amide bonds. The number of benzene rings is 1. The third-order valence-electron chi connectivity index (χ3n) is 2.75. The van der Waals surface area contributed by atoms with Crippen LogP contribution in [0.3, 0.4) is 0 Å². The van der Waals surface area contributed by atoms with Crippen molar-refractivity contribution in [3.8, 4) is 11.8 Å². The predicted molar refractivity (Wildman–Crippen MR) is 80.3 cm³/mol. The second kappa shape index (κ2) is 7.17. The summed E-state index contributed by atoms with van der Waals surface area (Å²) in [7, 11) is 0. The van der Waals surface area contributed by atoms with Gasteiger partial charge in [-0.25, -0.2) is 0 Å². The SMILES string of the molecule is Cc1cnc(CNC(=O)c2ccc(C#CCN)cc2)cn1.